The normalized spacial score (nSPS) is 13.3. The fraction of sp³-hybridized carbons (Fsp3) is 0.476. The lowest BCUT2D eigenvalue weighted by molar-refractivity contribution is 0.102. The number of ketones is 1. The number of thiophene rings is 1. The van der Waals surface area contributed by atoms with Crippen LogP contribution in [0.3, 0.4) is 0 Å². The van der Waals surface area contributed by atoms with Gasteiger partial charge in [-0.3, -0.25) is 28.1 Å². The molecule has 3 aromatic rings. The van der Waals surface area contributed by atoms with Gasteiger partial charge in [0.1, 0.15) is 16.2 Å². The van der Waals surface area contributed by atoms with Gasteiger partial charge in [-0.15, -0.1) is 11.3 Å². The standard InChI is InChI=1S/C21H25N5O4S2/c1-10(2)8-26-16(22)15(19(29)25(4)21(26)30)12(27)9-31-20-23-17-14(18(28)24(20)3)11-6-5-7-13(11)32-17/h10H,5-9,22H2,1-4H3. The molecule has 0 bridgehead atoms. The second-order valence-electron chi connectivity index (χ2n) is 8.42. The van der Waals surface area contributed by atoms with Crippen LogP contribution in [0.25, 0.3) is 10.2 Å². The molecule has 0 atom stereocenters. The first-order valence-corrected chi connectivity index (χ1v) is 12.2. The Labute approximate surface area is 191 Å². The summed E-state index contributed by atoms with van der Waals surface area (Å²) in [4.78, 5) is 57.6. The first-order chi connectivity index (χ1) is 15.1. The largest absolute Gasteiger partial charge is 0.384 e. The Morgan fingerprint density at radius 2 is 1.88 bits per heavy atom. The van der Waals surface area contributed by atoms with Gasteiger partial charge in [0.15, 0.2) is 10.9 Å². The van der Waals surface area contributed by atoms with Crippen molar-refractivity contribution in [2.45, 2.75) is 44.8 Å². The highest BCUT2D eigenvalue weighted by atomic mass is 32.2. The summed E-state index contributed by atoms with van der Waals surface area (Å²) in [5, 5.41) is 1.08. The van der Waals surface area contributed by atoms with Crippen LogP contribution in [0.2, 0.25) is 0 Å². The topological polar surface area (TPSA) is 122 Å². The monoisotopic (exact) mass is 475 g/mol. The third-order valence-electron chi connectivity index (χ3n) is 5.65. The van der Waals surface area contributed by atoms with Crippen LogP contribution < -0.4 is 22.5 Å². The van der Waals surface area contributed by atoms with E-state index in [-0.39, 0.29) is 28.6 Å². The minimum Gasteiger partial charge on any atom is -0.384 e. The van der Waals surface area contributed by atoms with Gasteiger partial charge in [-0.1, -0.05) is 25.6 Å². The lowest BCUT2D eigenvalue weighted by Crippen LogP contribution is -2.43. The Balaban J connectivity index is 1.68. The van der Waals surface area contributed by atoms with Crippen LogP contribution in [-0.2, 0) is 33.5 Å². The van der Waals surface area contributed by atoms with Crippen molar-refractivity contribution in [2.24, 2.45) is 20.0 Å². The number of nitrogens with two attached hydrogens (primary N) is 1. The predicted molar refractivity (Wildman–Crippen MR) is 127 cm³/mol. The second kappa shape index (κ2) is 8.36. The van der Waals surface area contributed by atoms with Crippen molar-refractivity contribution in [3.8, 4) is 0 Å². The van der Waals surface area contributed by atoms with Crippen molar-refractivity contribution < 1.29 is 4.79 Å². The fourth-order valence-electron chi connectivity index (χ4n) is 4.02. The SMILES string of the molecule is CC(C)Cn1c(N)c(C(=O)CSc2nc3sc4c(c3c(=O)n2C)CCC4)c(=O)n(C)c1=O. The zero-order valence-electron chi connectivity index (χ0n) is 18.4. The van der Waals surface area contributed by atoms with Crippen molar-refractivity contribution in [3.63, 3.8) is 0 Å². The number of carbonyl (C=O) groups excluding carboxylic acids is 1. The summed E-state index contributed by atoms with van der Waals surface area (Å²) in [6.07, 6.45) is 2.92. The fourth-order valence-corrected chi connectivity index (χ4v) is 6.17. The van der Waals surface area contributed by atoms with Gasteiger partial charge in [-0.25, -0.2) is 9.78 Å². The third-order valence-corrected chi connectivity index (χ3v) is 7.86. The lowest BCUT2D eigenvalue weighted by Gasteiger charge is -2.16. The Hall–Kier alpha value is -2.66. The van der Waals surface area contributed by atoms with Crippen molar-refractivity contribution in [2.75, 3.05) is 11.5 Å². The van der Waals surface area contributed by atoms with E-state index in [0.29, 0.717) is 21.9 Å². The number of rotatable bonds is 6. The number of thioether (sulfide) groups is 1. The van der Waals surface area contributed by atoms with E-state index < -0.39 is 17.0 Å². The quantitative estimate of drug-likeness (QED) is 0.326. The molecule has 0 spiro atoms. The van der Waals surface area contributed by atoms with Crippen molar-refractivity contribution in [3.05, 3.63) is 47.2 Å². The smallest absolute Gasteiger partial charge is 0.332 e. The maximum Gasteiger partial charge on any atom is 0.332 e. The number of Topliss-reactive ketones (excluding diaryl/α,β-unsaturated/α-hetero) is 1. The Morgan fingerprint density at radius 1 is 1.16 bits per heavy atom. The van der Waals surface area contributed by atoms with Crippen molar-refractivity contribution in [1.29, 1.82) is 0 Å². The van der Waals surface area contributed by atoms with Crippen LogP contribution in [0, 0.1) is 5.92 Å². The molecule has 3 heterocycles. The molecule has 9 nitrogen and oxygen atoms in total. The number of fused-ring (bicyclic) bond motifs is 3. The number of carbonyl (C=O) groups is 1. The molecule has 0 unspecified atom stereocenters. The summed E-state index contributed by atoms with van der Waals surface area (Å²) < 4.78 is 3.62. The van der Waals surface area contributed by atoms with Crippen LogP contribution >= 0.6 is 23.1 Å². The Morgan fingerprint density at radius 3 is 2.56 bits per heavy atom. The average Bonchev–Trinajstić information content (AvgIpc) is 3.32. The maximum atomic E-state index is 13.0. The highest BCUT2D eigenvalue weighted by Gasteiger charge is 2.25. The van der Waals surface area contributed by atoms with Crippen molar-refractivity contribution >= 4 is 44.9 Å². The molecule has 1 aliphatic rings. The average molecular weight is 476 g/mol. The summed E-state index contributed by atoms with van der Waals surface area (Å²) in [7, 11) is 2.97. The van der Waals surface area contributed by atoms with Crippen LogP contribution in [0.4, 0.5) is 5.82 Å². The Kier molecular flexibility index (Phi) is 5.89. The van der Waals surface area contributed by atoms with Crippen LogP contribution in [0.15, 0.2) is 19.5 Å². The predicted octanol–water partition coefficient (Wildman–Crippen LogP) is 1.56. The molecule has 0 radical (unpaired) electrons. The van der Waals surface area contributed by atoms with Crippen LogP contribution in [0.1, 0.15) is 41.1 Å². The van der Waals surface area contributed by atoms with Crippen LogP contribution in [-0.4, -0.2) is 30.2 Å². The molecular weight excluding hydrogens is 450 g/mol. The zero-order chi connectivity index (χ0) is 23.3. The number of nitrogens with zero attached hydrogens (tertiary/aromatic N) is 4. The van der Waals surface area contributed by atoms with E-state index in [4.69, 9.17) is 5.73 Å². The number of hydrogen-bond donors (Lipinski definition) is 1. The minimum atomic E-state index is -0.718. The number of hydrogen-bond acceptors (Lipinski definition) is 8. The summed E-state index contributed by atoms with van der Waals surface area (Å²) >= 11 is 2.62. The van der Waals surface area contributed by atoms with Gasteiger partial charge in [0.25, 0.3) is 11.1 Å². The minimum absolute atomic E-state index is 0.0997. The Bertz CT molecular complexity index is 1430. The second-order valence-corrected chi connectivity index (χ2v) is 10.4. The molecule has 0 fully saturated rings. The molecule has 0 saturated carbocycles. The van der Waals surface area contributed by atoms with E-state index in [1.807, 2.05) is 13.8 Å². The summed E-state index contributed by atoms with van der Waals surface area (Å²) in [5.41, 5.74) is 5.60. The highest BCUT2D eigenvalue weighted by Crippen LogP contribution is 2.35. The summed E-state index contributed by atoms with van der Waals surface area (Å²) in [5.74, 6) is -0.656. The number of aromatic nitrogens is 4. The molecule has 1 aliphatic carbocycles. The van der Waals surface area contributed by atoms with Gasteiger partial charge in [-0.05, 0) is 30.7 Å². The molecule has 2 N–H and O–H groups in total. The molecule has 0 saturated heterocycles. The van der Waals surface area contributed by atoms with E-state index in [1.54, 1.807) is 7.05 Å². The van der Waals surface area contributed by atoms with E-state index >= 15 is 0 Å². The van der Waals surface area contributed by atoms with Gasteiger partial charge in [-0.2, -0.15) is 0 Å². The van der Waals surface area contributed by atoms with Gasteiger partial charge in [0.2, 0.25) is 0 Å². The van der Waals surface area contributed by atoms with E-state index in [2.05, 4.69) is 4.98 Å². The summed E-state index contributed by atoms with van der Waals surface area (Å²) in [6, 6.07) is 0. The highest BCUT2D eigenvalue weighted by molar-refractivity contribution is 7.99. The molecule has 0 amide bonds. The third kappa shape index (κ3) is 3.62. The zero-order valence-corrected chi connectivity index (χ0v) is 20.1. The molecule has 170 valence electrons. The van der Waals surface area contributed by atoms with E-state index in [9.17, 15) is 19.2 Å². The molecule has 0 aliphatic heterocycles. The molecule has 0 aromatic carbocycles. The van der Waals surface area contributed by atoms with Gasteiger partial charge in [0, 0.05) is 25.5 Å². The number of aryl methyl sites for hydroxylation is 2. The van der Waals surface area contributed by atoms with E-state index in [1.165, 1.54) is 32.4 Å². The van der Waals surface area contributed by atoms with Gasteiger partial charge >= 0.3 is 5.69 Å². The number of nitrogen functional groups attached to an aromatic ring is 1. The summed E-state index contributed by atoms with van der Waals surface area (Å²) in [6.45, 7) is 4.12. The van der Waals surface area contributed by atoms with E-state index in [0.717, 1.165) is 41.2 Å². The van der Waals surface area contributed by atoms with Gasteiger partial charge < -0.3 is 5.73 Å². The molecular formula is C21H25N5O4S2. The molecule has 32 heavy (non-hydrogen) atoms. The number of anilines is 1. The first kappa shape index (κ1) is 22.5. The molecule has 3 aromatic heterocycles. The molecule has 4 rings (SSSR count). The molecule has 11 heteroatoms. The van der Waals surface area contributed by atoms with Crippen molar-refractivity contribution in [1.82, 2.24) is 18.7 Å². The lowest BCUT2D eigenvalue weighted by atomic mass is 10.2. The maximum absolute atomic E-state index is 13.0. The first-order valence-electron chi connectivity index (χ1n) is 10.4. The van der Waals surface area contributed by atoms with Crippen LogP contribution in [0.5, 0.6) is 0 Å². The van der Waals surface area contributed by atoms with Gasteiger partial charge in [0.05, 0.1) is 11.1 Å².